The van der Waals surface area contributed by atoms with Crippen LogP contribution in [-0.4, -0.2) is 19.0 Å². The first kappa shape index (κ1) is 9.39. The van der Waals surface area contributed by atoms with Gasteiger partial charge < -0.3 is 10.1 Å². The molecule has 0 saturated heterocycles. The van der Waals surface area contributed by atoms with Gasteiger partial charge in [0.1, 0.15) is 5.75 Å². The van der Waals surface area contributed by atoms with Crippen molar-refractivity contribution in [1.29, 1.82) is 0 Å². The van der Waals surface area contributed by atoms with E-state index in [4.69, 9.17) is 4.74 Å². The molecule has 3 heteroatoms. The van der Waals surface area contributed by atoms with Crippen LogP contribution in [0.25, 0.3) is 0 Å². The van der Waals surface area contributed by atoms with E-state index in [0.29, 0.717) is 0 Å². The SMILES string of the molecule is COc1ccc(NCCBr)cc1. The highest BCUT2D eigenvalue weighted by atomic mass is 79.9. The Morgan fingerprint density at radius 1 is 1.33 bits per heavy atom. The van der Waals surface area contributed by atoms with Crippen LogP contribution in [0.1, 0.15) is 0 Å². The summed E-state index contributed by atoms with van der Waals surface area (Å²) in [6.07, 6.45) is 0. The largest absolute Gasteiger partial charge is 0.497 e. The summed E-state index contributed by atoms with van der Waals surface area (Å²) < 4.78 is 5.04. The molecule has 0 amide bonds. The highest BCUT2D eigenvalue weighted by Gasteiger charge is 1.91. The fraction of sp³-hybridized carbons (Fsp3) is 0.333. The molecule has 0 radical (unpaired) electrons. The second kappa shape index (κ2) is 5.04. The van der Waals surface area contributed by atoms with Crippen molar-refractivity contribution in [1.82, 2.24) is 0 Å². The molecule has 66 valence electrons. The lowest BCUT2D eigenvalue weighted by Gasteiger charge is -2.04. The zero-order valence-electron chi connectivity index (χ0n) is 7.01. The minimum absolute atomic E-state index is 0.888. The lowest BCUT2D eigenvalue weighted by atomic mass is 10.3. The summed E-state index contributed by atoms with van der Waals surface area (Å²) in [6.45, 7) is 0.937. The van der Waals surface area contributed by atoms with Crippen molar-refractivity contribution in [2.75, 3.05) is 24.3 Å². The number of ether oxygens (including phenoxy) is 1. The third kappa shape index (κ3) is 2.74. The summed E-state index contributed by atoms with van der Waals surface area (Å²) in [4.78, 5) is 0. The summed E-state index contributed by atoms with van der Waals surface area (Å²) in [7, 11) is 1.67. The van der Waals surface area contributed by atoms with E-state index in [-0.39, 0.29) is 0 Å². The van der Waals surface area contributed by atoms with Gasteiger partial charge in [-0.1, -0.05) is 15.9 Å². The van der Waals surface area contributed by atoms with Crippen LogP contribution >= 0.6 is 15.9 Å². The molecular weight excluding hydrogens is 218 g/mol. The minimum Gasteiger partial charge on any atom is -0.497 e. The number of alkyl halides is 1. The molecule has 0 atom stereocenters. The fourth-order valence-corrected chi connectivity index (χ4v) is 1.10. The Hall–Kier alpha value is -0.700. The third-order valence-corrected chi connectivity index (χ3v) is 1.91. The lowest BCUT2D eigenvalue weighted by molar-refractivity contribution is 0.415. The molecule has 0 spiro atoms. The number of hydrogen-bond acceptors (Lipinski definition) is 2. The zero-order valence-corrected chi connectivity index (χ0v) is 8.60. The molecule has 1 aromatic rings. The highest BCUT2D eigenvalue weighted by molar-refractivity contribution is 9.09. The Kier molecular flexibility index (Phi) is 3.94. The van der Waals surface area contributed by atoms with E-state index < -0.39 is 0 Å². The summed E-state index contributed by atoms with van der Waals surface area (Å²) >= 11 is 3.35. The number of rotatable bonds is 4. The van der Waals surface area contributed by atoms with Crippen LogP contribution in [0.3, 0.4) is 0 Å². The zero-order chi connectivity index (χ0) is 8.81. The molecule has 0 unspecified atom stereocenters. The topological polar surface area (TPSA) is 21.3 Å². The van der Waals surface area contributed by atoms with Crippen LogP contribution in [0.4, 0.5) is 5.69 Å². The molecular formula is C9H12BrNO. The van der Waals surface area contributed by atoms with Crippen LogP contribution in [0.5, 0.6) is 5.75 Å². The van der Waals surface area contributed by atoms with Crippen molar-refractivity contribution in [3.63, 3.8) is 0 Å². The molecule has 0 heterocycles. The first-order chi connectivity index (χ1) is 5.86. The van der Waals surface area contributed by atoms with E-state index >= 15 is 0 Å². The van der Waals surface area contributed by atoms with Crippen molar-refractivity contribution < 1.29 is 4.74 Å². The number of hydrogen-bond donors (Lipinski definition) is 1. The predicted molar refractivity (Wildman–Crippen MR) is 55.3 cm³/mol. The van der Waals surface area contributed by atoms with Crippen molar-refractivity contribution >= 4 is 21.6 Å². The Bertz CT molecular complexity index is 222. The maximum atomic E-state index is 5.04. The first-order valence-electron chi connectivity index (χ1n) is 3.80. The van der Waals surface area contributed by atoms with Crippen molar-refractivity contribution in [2.45, 2.75) is 0 Å². The van der Waals surface area contributed by atoms with Crippen LogP contribution in [0.15, 0.2) is 24.3 Å². The maximum Gasteiger partial charge on any atom is 0.119 e. The molecule has 1 N–H and O–H groups in total. The third-order valence-electron chi connectivity index (χ3n) is 1.51. The van der Waals surface area contributed by atoms with E-state index in [1.165, 1.54) is 0 Å². The van der Waals surface area contributed by atoms with E-state index in [0.717, 1.165) is 23.3 Å². The fourth-order valence-electron chi connectivity index (χ4n) is 0.900. The van der Waals surface area contributed by atoms with Crippen LogP contribution in [0.2, 0.25) is 0 Å². The maximum absolute atomic E-state index is 5.04. The smallest absolute Gasteiger partial charge is 0.119 e. The Labute approximate surface area is 81.1 Å². The molecule has 0 bridgehead atoms. The molecule has 1 rings (SSSR count). The van der Waals surface area contributed by atoms with Crippen molar-refractivity contribution in [3.8, 4) is 5.75 Å². The first-order valence-corrected chi connectivity index (χ1v) is 4.93. The van der Waals surface area contributed by atoms with Gasteiger partial charge in [0.05, 0.1) is 7.11 Å². The average molecular weight is 230 g/mol. The second-order valence-corrected chi connectivity index (χ2v) is 3.14. The molecule has 0 fully saturated rings. The minimum atomic E-state index is 0.888. The monoisotopic (exact) mass is 229 g/mol. The highest BCUT2D eigenvalue weighted by Crippen LogP contribution is 2.14. The van der Waals surface area contributed by atoms with E-state index in [1.54, 1.807) is 7.11 Å². The van der Waals surface area contributed by atoms with Gasteiger partial charge >= 0.3 is 0 Å². The Morgan fingerprint density at radius 2 is 2.00 bits per heavy atom. The molecule has 0 aromatic heterocycles. The number of anilines is 1. The van der Waals surface area contributed by atoms with Gasteiger partial charge in [0.25, 0.3) is 0 Å². The second-order valence-electron chi connectivity index (χ2n) is 2.34. The number of halogens is 1. The molecule has 0 saturated carbocycles. The van der Waals surface area contributed by atoms with Gasteiger partial charge in [0.15, 0.2) is 0 Å². The molecule has 2 nitrogen and oxygen atoms in total. The summed E-state index contributed by atoms with van der Waals surface area (Å²) in [5, 5.41) is 4.20. The molecule has 0 aliphatic rings. The Morgan fingerprint density at radius 3 is 2.50 bits per heavy atom. The number of benzene rings is 1. The van der Waals surface area contributed by atoms with Crippen molar-refractivity contribution in [3.05, 3.63) is 24.3 Å². The normalized spacial score (nSPS) is 9.50. The Balaban J connectivity index is 2.53. The van der Waals surface area contributed by atoms with Gasteiger partial charge in [-0.05, 0) is 24.3 Å². The van der Waals surface area contributed by atoms with Crippen LogP contribution < -0.4 is 10.1 Å². The quantitative estimate of drug-likeness (QED) is 0.802. The standard InChI is InChI=1S/C9H12BrNO/c1-12-9-4-2-8(3-5-9)11-7-6-10/h2-5,11H,6-7H2,1H3. The van der Waals surface area contributed by atoms with Crippen LogP contribution in [0, 0.1) is 0 Å². The number of methoxy groups -OCH3 is 1. The average Bonchev–Trinajstić information content (AvgIpc) is 2.15. The predicted octanol–water partition coefficient (Wildman–Crippen LogP) is 2.50. The van der Waals surface area contributed by atoms with Gasteiger partial charge in [-0.15, -0.1) is 0 Å². The van der Waals surface area contributed by atoms with Gasteiger partial charge in [0.2, 0.25) is 0 Å². The summed E-state index contributed by atoms with van der Waals surface area (Å²) in [5.41, 5.74) is 1.12. The van der Waals surface area contributed by atoms with Crippen molar-refractivity contribution in [2.24, 2.45) is 0 Å². The number of nitrogens with one attached hydrogen (secondary N) is 1. The van der Waals surface area contributed by atoms with Gasteiger partial charge in [-0.2, -0.15) is 0 Å². The van der Waals surface area contributed by atoms with E-state index in [2.05, 4.69) is 21.2 Å². The molecule has 0 aliphatic carbocycles. The van der Waals surface area contributed by atoms with Gasteiger partial charge in [0, 0.05) is 17.6 Å². The van der Waals surface area contributed by atoms with Gasteiger partial charge in [-0.25, -0.2) is 0 Å². The molecule has 1 aromatic carbocycles. The van der Waals surface area contributed by atoms with Gasteiger partial charge in [-0.3, -0.25) is 0 Å². The van der Waals surface area contributed by atoms with E-state index in [1.807, 2.05) is 24.3 Å². The van der Waals surface area contributed by atoms with E-state index in [9.17, 15) is 0 Å². The van der Waals surface area contributed by atoms with Crippen LogP contribution in [-0.2, 0) is 0 Å². The summed E-state index contributed by atoms with van der Waals surface area (Å²) in [5.74, 6) is 0.888. The lowest BCUT2D eigenvalue weighted by Crippen LogP contribution is -2.01. The molecule has 0 aliphatic heterocycles. The molecule has 12 heavy (non-hydrogen) atoms. The summed E-state index contributed by atoms with van der Waals surface area (Å²) in [6, 6.07) is 7.89.